The number of halogens is 1. The van der Waals surface area contributed by atoms with Crippen molar-refractivity contribution >= 4 is 23.1 Å². The fourth-order valence-corrected chi connectivity index (χ4v) is 1.98. The number of nitrogens with zero attached hydrogens (tertiary/aromatic N) is 2. The van der Waals surface area contributed by atoms with E-state index in [-0.39, 0.29) is 0 Å². The van der Waals surface area contributed by atoms with Crippen LogP contribution in [0.4, 0.5) is 11.5 Å². The minimum absolute atomic E-state index is 0.332. The van der Waals surface area contributed by atoms with Crippen molar-refractivity contribution in [1.29, 1.82) is 0 Å². The Morgan fingerprint density at radius 3 is 2.71 bits per heavy atom. The maximum absolute atomic E-state index is 6.02. The van der Waals surface area contributed by atoms with E-state index >= 15 is 0 Å². The van der Waals surface area contributed by atoms with Crippen molar-refractivity contribution in [3.8, 4) is 5.75 Å². The number of hydrogen-bond acceptors (Lipinski definition) is 5. The highest BCUT2D eigenvalue weighted by atomic mass is 35.5. The van der Waals surface area contributed by atoms with Gasteiger partial charge in [0.2, 0.25) is 0 Å². The molecule has 1 heterocycles. The molecule has 0 radical (unpaired) electrons. The lowest BCUT2D eigenvalue weighted by Crippen LogP contribution is -2.04. The number of hydrogen-bond donors (Lipinski definition) is 1. The van der Waals surface area contributed by atoms with Crippen LogP contribution in [0.3, 0.4) is 0 Å². The van der Waals surface area contributed by atoms with E-state index in [1.165, 1.54) is 0 Å². The number of anilines is 2. The van der Waals surface area contributed by atoms with Gasteiger partial charge in [-0.1, -0.05) is 23.7 Å². The smallest absolute Gasteiger partial charge is 0.158 e. The molecule has 0 aliphatic carbocycles. The summed E-state index contributed by atoms with van der Waals surface area (Å²) < 4.78 is 10.9. The van der Waals surface area contributed by atoms with E-state index in [0.717, 1.165) is 11.4 Å². The Morgan fingerprint density at radius 2 is 1.95 bits per heavy atom. The number of benzene rings is 1. The second-order valence-corrected chi connectivity index (χ2v) is 4.57. The molecule has 0 saturated carbocycles. The SMILES string of the molecule is CCOCc1nc(Cl)cc(Nc2ccccc2OCC)n1. The van der Waals surface area contributed by atoms with E-state index in [0.29, 0.717) is 36.6 Å². The maximum Gasteiger partial charge on any atom is 0.158 e. The minimum atomic E-state index is 0.332. The van der Waals surface area contributed by atoms with Gasteiger partial charge < -0.3 is 14.8 Å². The van der Waals surface area contributed by atoms with Crippen LogP contribution in [0.5, 0.6) is 5.75 Å². The molecule has 2 aromatic rings. The van der Waals surface area contributed by atoms with Crippen LogP contribution < -0.4 is 10.1 Å². The van der Waals surface area contributed by atoms with Gasteiger partial charge in [0.05, 0.1) is 12.3 Å². The van der Waals surface area contributed by atoms with Crippen LogP contribution >= 0.6 is 11.6 Å². The van der Waals surface area contributed by atoms with Crippen molar-refractivity contribution in [2.24, 2.45) is 0 Å². The van der Waals surface area contributed by atoms with E-state index < -0.39 is 0 Å². The molecule has 6 heteroatoms. The van der Waals surface area contributed by atoms with Gasteiger partial charge in [-0.3, -0.25) is 0 Å². The molecular weight excluding hydrogens is 290 g/mol. The molecule has 1 aromatic carbocycles. The van der Waals surface area contributed by atoms with Gasteiger partial charge in [0.1, 0.15) is 23.3 Å². The molecule has 112 valence electrons. The van der Waals surface area contributed by atoms with Crippen molar-refractivity contribution in [2.75, 3.05) is 18.5 Å². The maximum atomic E-state index is 6.02. The zero-order valence-corrected chi connectivity index (χ0v) is 12.9. The average molecular weight is 308 g/mol. The highest BCUT2D eigenvalue weighted by Gasteiger charge is 2.07. The van der Waals surface area contributed by atoms with Gasteiger partial charge in [-0.05, 0) is 26.0 Å². The van der Waals surface area contributed by atoms with E-state index in [1.54, 1.807) is 6.07 Å². The third kappa shape index (κ3) is 4.58. The van der Waals surface area contributed by atoms with Crippen molar-refractivity contribution in [1.82, 2.24) is 9.97 Å². The Hall–Kier alpha value is -1.85. The van der Waals surface area contributed by atoms with Crippen molar-refractivity contribution in [2.45, 2.75) is 20.5 Å². The summed E-state index contributed by atoms with van der Waals surface area (Å²) >= 11 is 6.02. The van der Waals surface area contributed by atoms with Crippen LogP contribution in [-0.2, 0) is 11.3 Å². The summed E-state index contributed by atoms with van der Waals surface area (Å²) in [4.78, 5) is 8.51. The Balaban J connectivity index is 2.21. The summed E-state index contributed by atoms with van der Waals surface area (Å²) in [5.74, 6) is 1.92. The standard InChI is InChI=1S/C15H18ClN3O2/c1-3-20-10-15-18-13(16)9-14(19-15)17-11-7-5-6-8-12(11)21-4-2/h5-9H,3-4,10H2,1-2H3,(H,17,18,19). The molecule has 0 aliphatic rings. The van der Waals surface area contributed by atoms with Gasteiger partial charge in [0.25, 0.3) is 0 Å². The molecule has 0 saturated heterocycles. The number of rotatable bonds is 7. The van der Waals surface area contributed by atoms with Crippen LogP contribution in [0.2, 0.25) is 5.15 Å². The highest BCUT2D eigenvalue weighted by molar-refractivity contribution is 6.29. The molecule has 0 spiro atoms. The molecule has 0 atom stereocenters. The number of ether oxygens (including phenoxy) is 2. The second kappa shape index (κ2) is 7.81. The molecule has 1 N–H and O–H groups in total. The summed E-state index contributed by atoms with van der Waals surface area (Å²) in [6, 6.07) is 9.33. The summed E-state index contributed by atoms with van der Waals surface area (Å²) in [7, 11) is 0. The summed E-state index contributed by atoms with van der Waals surface area (Å²) in [6.07, 6.45) is 0. The first-order valence-corrected chi connectivity index (χ1v) is 7.20. The Labute approximate surface area is 129 Å². The monoisotopic (exact) mass is 307 g/mol. The molecule has 2 rings (SSSR count). The van der Waals surface area contributed by atoms with E-state index in [1.807, 2.05) is 38.1 Å². The molecular formula is C15H18ClN3O2. The first-order chi connectivity index (χ1) is 10.2. The van der Waals surface area contributed by atoms with Gasteiger partial charge >= 0.3 is 0 Å². The van der Waals surface area contributed by atoms with Gasteiger partial charge in [-0.15, -0.1) is 0 Å². The van der Waals surface area contributed by atoms with E-state index in [2.05, 4.69) is 15.3 Å². The van der Waals surface area contributed by atoms with Crippen molar-refractivity contribution in [3.63, 3.8) is 0 Å². The Bertz CT molecular complexity index is 593. The van der Waals surface area contributed by atoms with Crippen LogP contribution in [0.15, 0.2) is 30.3 Å². The molecule has 21 heavy (non-hydrogen) atoms. The summed E-state index contributed by atoms with van der Waals surface area (Å²) in [5, 5.41) is 3.57. The van der Waals surface area contributed by atoms with E-state index in [9.17, 15) is 0 Å². The first-order valence-electron chi connectivity index (χ1n) is 6.83. The third-order valence-corrected chi connectivity index (χ3v) is 2.82. The van der Waals surface area contributed by atoms with E-state index in [4.69, 9.17) is 21.1 Å². The Morgan fingerprint density at radius 1 is 1.14 bits per heavy atom. The fourth-order valence-electron chi connectivity index (χ4n) is 1.78. The summed E-state index contributed by atoms with van der Waals surface area (Å²) in [5.41, 5.74) is 0.830. The van der Waals surface area contributed by atoms with Crippen LogP contribution in [0, 0.1) is 0 Å². The molecule has 0 fully saturated rings. The third-order valence-electron chi connectivity index (χ3n) is 2.63. The normalized spacial score (nSPS) is 10.4. The van der Waals surface area contributed by atoms with Gasteiger partial charge in [-0.25, -0.2) is 9.97 Å². The lowest BCUT2D eigenvalue weighted by Gasteiger charge is -2.12. The molecule has 0 unspecified atom stereocenters. The van der Waals surface area contributed by atoms with Crippen LogP contribution in [0.25, 0.3) is 0 Å². The number of para-hydroxylation sites is 2. The molecule has 5 nitrogen and oxygen atoms in total. The Kier molecular flexibility index (Phi) is 5.78. The van der Waals surface area contributed by atoms with Gasteiger partial charge in [0.15, 0.2) is 5.82 Å². The van der Waals surface area contributed by atoms with Crippen molar-refractivity contribution in [3.05, 3.63) is 41.3 Å². The predicted octanol–water partition coefficient (Wildman–Crippen LogP) is 3.81. The fraction of sp³-hybridized carbons (Fsp3) is 0.333. The zero-order valence-electron chi connectivity index (χ0n) is 12.1. The quantitative estimate of drug-likeness (QED) is 0.788. The predicted molar refractivity (Wildman–Crippen MR) is 83.3 cm³/mol. The molecule has 1 aromatic heterocycles. The van der Waals surface area contributed by atoms with Gasteiger partial charge in [-0.2, -0.15) is 0 Å². The molecule has 0 aliphatic heterocycles. The largest absolute Gasteiger partial charge is 0.492 e. The average Bonchev–Trinajstić information content (AvgIpc) is 2.47. The zero-order chi connectivity index (χ0) is 15.1. The lowest BCUT2D eigenvalue weighted by molar-refractivity contribution is 0.128. The van der Waals surface area contributed by atoms with Crippen LogP contribution in [-0.4, -0.2) is 23.2 Å². The number of aromatic nitrogens is 2. The lowest BCUT2D eigenvalue weighted by atomic mass is 10.3. The summed E-state index contributed by atoms with van der Waals surface area (Å²) in [6.45, 7) is 5.39. The minimum Gasteiger partial charge on any atom is -0.492 e. The molecule has 0 bridgehead atoms. The molecule has 0 amide bonds. The first kappa shape index (κ1) is 15.5. The number of nitrogens with one attached hydrogen (secondary N) is 1. The van der Waals surface area contributed by atoms with Crippen molar-refractivity contribution < 1.29 is 9.47 Å². The van der Waals surface area contributed by atoms with Crippen LogP contribution in [0.1, 0.15) is 19.7 Å². The second-order valence-electron chi connectivity index (χ2n) is 4.18. The highest BCUT2D eigenvalue weighted by Crippen LogP contribution is 2.27. The topological polar surface area (TPSA) is 56.3 Å². The van der Waals surface area contributed by atoms with Gasteiger partial charge in [0, 0.05) is 12.7 Å².